The number of fused-ring (bicyclic) bond motifs is 5. The first-order valence-corrected chi connectivity index (χ1v) is 11.3. The number of carbonyl (C=O) groups excluding carboxylic acids is 4. The van der Waals surface area contributed by atoms with E-state index >= 15 is 0 Å². The zero-order valence-electron chi connectivity index (χ0n) is 18.7. The second kappa shape index (κ2) is 8.14. The molecule has 1 aliphatic heterocycles. The van der Waals surface area contributed by atoms with Crippen LogP contribution in [0.3, 0.4) is 0 Å². The largest absolute Gasteiger partial charge is 0.452 e. The van der Waals surface area contributed by atoms with Crippen LogP contribution in [0, 0.1) is 37.5 Å². The van der Waals surface area contributed by atoms with Crippen LogP contribution < -0.4 is 10.2 Å². The van der Waals surface area contributed by atoms with Gasteiger partial charge in [-0.05, 0) is 86.4 Å². The van der Waals surface area contributed by atoms with E-state index in [9.17, 15) is 19.2 Å². The molecule has 3 fully saturated rings. The maximum Gasteiger partial charge on any atom is 0.338 e. The van der Waals surface area contributed by atoms with Gasteiger partial charge in [-0.3, -0.25) is 19.3 Å². The lowest BCUT2D eigenvalue weighted by molar-refractivity contribution is -0.123. The van der Waals surface area contributed by atoms with E-state index in [1.165, 1.54) is 11.0 Å². The van der Waals surface area contributed by atoms with E-state index < -0.39 is 18.5 Å². The van der Waals surface area contributed by atoms with E-state index in [-0.39, 0.29) is 29.2 Å². The Morgan fingerprint density at radius 1 is 0.970 bits per heavy atom. The van der Waals surface area contributed by atoms with E-state index in [1.54, 1.807) is 18.2 Å². The van der Waals surface area contributed by atoms with Crippen LogP contribution in [0.2, 0.25) is 0 Å². The Bertz CT molecular complexity index is 1120. The van der Waals surface area contributed by atoms with Crippen LogP contribution in [-0.2, 0) is 19.1 Å². The van der Waals surface area contributed by atoms with Crippen molar-refractivity contribution >= 4 is 35.1 Å². The molecule has 3 amide bonds. The van der Waals surface area contributed by atoms with E-state index in [4.69, 9.17) is 4.74 Å². The number of anilines is 2. The molecular formula is C26H26N2O5. The smallest absolute Gasteiger partial charge is 0.338 e. The molecule has 7 nitrogen and oxygen atoms in total. The molecule has 5 rings (SSSR count). The minimum Gasteiger partial charge on any atom is -0.452 e. The topological polar surface area (TPSA) is 92.8 Å². The number of esters is 1. The van der Waals surface area contributed by atoms with Crippen LogP contribution in [0.1, 0.15) is 40.7 Å². The molecule has 4 atom stereocenters. The lowest BCUT2D eigenvalue weighted by atomic mass is 9.81. The molecule has 7 heteroatoms. The number of nitrogens with one attached hydrogen (secondary N) is 1. The Balaban J connectivity index is 1.25. The Morgan fingerprint density at radius 3 is 2.24 bits per heavy atom. The van der Waals surface area contributed by atoms with E-state index in [0.717, 1.165) is 30.4 Å². The van der Waals surface area contributed by atoms with Crippen molar-refractivity contribution in [3.05, 3.63) is 59.2 Å². The first-order valence-electron chi connectivity index (χ1n) is 11.3. The van der Waals surface area contributed by atoms with Crippen molar-refractivity contribution in [2.24, 2.45) is 23.7 Å². The number of benzene rings is 2. The predicted octanol–water partition coefficient (Wildman–Crippen LogP) is 3.63. The predicted molar refractivity (Wildman–Crippen MR) is 122 cm³/mol. The SMILES string of the molecule is Cc1cc(C)cc(NC(=O)COC(=O)c2cccc(N3C(=O)[C@H]4[C@H]5CC[C@@H](C5)[C@@H]4C3=O)c2)c1. The van der Waals surface area contributed by atoms with Gasteiger partial charge < -0.3 is 10.1 Å². The molecule has 3 aliphatic rings. The Kier molecular flexibility index (Phi) is 5.27. The van der Waals surface area contributed by atoms with Crippen LogP contribution in [0.15, 0.2) is 42.5 Å². The summed E-state index contributed by atoms with van der Waals surface area (Å²) in [5, 5.41) is 2.72. The number of hydrogen-bond donors (Lipinski definition) is 1. The molecule has 2 aromatic carbocycles. The second-order valence-corrected chi connectivity index (χ2v) is 9.45. The zero-order valence-corrected chi connectivity index (χ0v) is 18.7. The van der Waals surface area contributed by atoms with Gasteiger partial charge in [-0.1, -0.05) is 12.1 Å². The summed E-state index contributed by atoms with van der Waals surface area (Å²) in [6.45, 7) is 3.43. The van der Waals surface area contributed by atoms with Crippen molar-refractivity contribution < 1.29 is 23.9 Å². The standard InChI is InChI=1S/C26H26N2O5/c1-14-8-15(2)10-19(9-14)27-21(29)13-33-26(32)18-4-3-5-20(12-18)28-24(30)22-16-6-7-17(11-16)23(22)25(28)31/h3-5,8-10,12,16-17,22-23H,6-7,11,13H2,1-2H3,(H,27,29)/t16-,17-,22-,23-/m0/s1. The molecule has 1 N–H and O–H groups in total. The molecule has 0 unspecified atom stereocenters. The van der Waals surface area contributed by atoms with E-state index in [2.05, 4.69) is 5.32 Å². The molecule has 0 radical (unpaired) electrons. The van der Waals surface area contributed by atoms with Gasteiger partial charge in [0.25, 0.3) is 5.91 Å². The quantitative estimate of drug-likeness (QED) is 0.559. The van der Waals surface area contributed by atoms with Crippen molar-refractivity contribution in [3.63, 3.8) is 0 Å². The number of carbonyl (C=O) groups is 4. The molecule has 1 saturated heterocycles. The fourth-order valence-corrected chi connectivity index (χ4v) is 5.89. The maximum atomic E-state index is 13.0. The number of ether oxygens (including phenoxy) is 1. The molecule has 2 aliphatic carbocycles. The summed E-state index contributed by atoms with van der Waals surface area (Å²) >= 11 is 0. The van der Waals surface area contributed by atoms with Crippen LogP contribution in [-0.4, -0.2) is 30.3 Å². The summed E-state index contributed by atoms with van der Waals surface area (Å²) < 4.78 is 5.17. The number of imide groups is 1. The fourth-order valence-electron chi connectivity index (χ4n) is 5.89. The Hall–Kier alpha value is -3.48. The first kappa shape index (κ1) is 21.4. The third-order valence-corrected chi connectivity index (χ3v) is 7.11. The van der Waals surface area contributed by atoms with Gasteiger partial charge in [-0.25, -0.2) is 4.79 Å². The molecule has 2 saturated carbocycles. The number of hydrogen-bond acceptors (Lipinski definition) is 5. The van der Waals surface area contributed by atoms with Gasteiger partial charge in [0.15, 0.2) is 6.61 Å². The van der Waals surface area contributed by atoms with Crippen molar-refractivity contribution in [2.45, 2.75) is 33.1 Å². The highest BCUT2D eigenvalue weighted by Gasteiger charge is 2.61. The highest BCUT2D eigenvalue weighted by Crippen LogP contribution is 2.56. The molecule has 0 spiro atoms. The van der Waals surface area contributed by atoms with Crippen LogP contribution >= 0.6 is 0 Å². The molecule has 170 valence electrons. The fraction of sp³-hybridized carbons (Fsp3) is 0.385. The van der Waals surface area contributed by atoms with Crippen molar-refractivity contribution in [3.8, 4) is 0 Å². The van der Waals surface area contributed by atoms with Gasteiger partial charge in [0.1, 0.15) is 0 Å². The molecule has 0 aromatic heterocycles. The van der Waals surface area contributed by atoms with Crippen LogP contribution in [0.25, 0.3) is 0 Å². The van der Waals surface area contributed by atoms with Gasteiger partial charge in [0, 0.05) is 5.69 Å². The highest BCUT2D eigenvalue weighted by atomic mass is 16.5. The summed E-state index contributed by atoms with van der Waals surface area (Å²) in [6.07, 6.45) is 2.99. The van der Waals surface area contributed by atoms with Gasteiger partial charge in [-0.2, -0.15) is 0 Å². The molecular weight excluding hydrogens is 420 g/mol. The van der Waals surface area contributed by atoms with Gasteiger partial charge in [0.05, 0.1) is 23.1 Å². The maximum absolute atomic E-state index is 13.0. The third kappa shape index (κ3) is 3.81. The van der Waals surface area contributed by atoms with E-state index in [1.807, 2.05) is 32.0 Å². The average molecular weight is 447 g/mol. The number of nitrogens with zero attached hydrogens (tertiary/aromatic N) is 1. The monoisotopic (exact) mass is 446 g/mol. The minimum atomic E-state index is -0.688. The summed E-state index contributed by atoms with van der Waals surface area (Å²) in [7, 11) is 0. The minimum absolute atomic E-state index is 0.157. The van der Waals surface area contributed by atoms with Gasteiger partial charge >= 0.3 is 5.97 Å². The normalized spacial score (nSPS) is 25.3. The third-order valence-electron chi connectivity index (χ3n) is 7.11. The Labute approximate surface area is 192 Å². The summed E-state index contributed by atoms with van der Waals surface area (Å²) in [6, 6.07) is 12.0. The first-order chi connectivity index (χ1) is 15.8. The number of aryl methyl sites for hydroxylation is 2. The summed E-state index contributed by atoms with van der Waals surface area (Å²) in [5.41, 5.74) is 3.24. The molecule has 33 heavy (non-hydrogen) atoms. The molecule has 2 bridgehead atoms. The lowest BCUT2D eigenvalue weighted by Crippen LogP contribution is -2.32. The van der Waals surface area contributed by atoms with Crippen LogP contribution in [0.4, 0.5) is 11.4 Å². The van der Waals surface area contributed by atoms with Crippen LogP contribution in [0.5, 0.6) is 0 Å². The van der Waals surface area contributed by atoms with Gasteiger partial charge in [0.2, 0.25) is 11.8 Å². The highest BCUT2D eigenvalue weighted by molar-refractivity contribution is 6.22. The van der Waals surface area contributed by atoms with Gasteiger partial charge in [-0.15, -0.1) is 0 Å². The van der Waals surface area contributed by atoms with Crippen molar-refractivity contribution in [1.29, 1.82) is 0 Å². The second-order valence-electron chi connectivity index (χ2n) is 9.45. The summed E-state index contributed by atoms with van der Waals surface area (Å²) in [5.74, 6) is -1.30. The molecule has 2 aromatic rings. The zero-order chi connectivity index (χ0) is 23.3. The Morgan fingerprint density at radius 2 is 1.61 bits per heavy atom. The van der Waals surface area contributed by atoms with Crippen molar-refractivity contribution in [2.75, 3.05) is 16.8 Å². The number of amides is 3. The number of rotatable bonds is 5. The van der Waals surface area contributed by atoms with Crippen molar-refractivity contribution in [1.82, 2.24) is 0 Å². The lowest BCUT2D eigenvalue weighted by Gasteiger charge is -2.19. The average Bonchev–Trinajstić information content (AvgIpc) is 3.45. The summed E-state index contributed by atoms with van der Waals surface area (Å²) in [4.78, 5) is 52.1. The van der Waals surface area contributed by atoms with E-state index in [0.29, 0.717) is 23.2 Å². The molecule has 1 heterocycles.